The number of aromatic nitrogens is 1. The van der Waals surface area contributed by atoms with Gasteiger partial charge in [-0.05, 0) is 54.4 Å². The minimum Gasteiger partial charge on any atom is -0.456 e. The molecule has 0 bridgehead atoms. The van der Waals surface area contributed by atoms with E-state index in [4.69, 9.17) is 4.74 Å². The number of esters is 1. The molecule has 0 spiro atoms. The number of nitrogens with zero attached hydrogens (tertiary/aromatic N) is 2. The SMILES string of the molecule is CCOC(=O)C#Cc1ccc(Cn2cccc(-c3ccc([N+](=O)[O-])cc3)c2=O)cc1. The van der Waals surface area contributed by atoms with Crippen LogP contribution in [-0.2, 0) is 16.1 Å². The summed E-state index contributed by atoms with van der Waals surface area (Å²) in [7, 11) is 0. The number of rotatable bonds is 5. The van der Waals surface area contributed by atoms with Crippen LogP contribution in [0.3, 0.4) is 0 Å². The second-order valence-electron chi connectivity index (χ2n) is 6.33. The van der Waals surface area contributed by atoms with Crippen LogP contribution in [0.25, 0.3) is 11.1 Å². The van der Waals surface area contributed by atoms with Crippen molar-refractivity contribution in [3.05, 3.63) is 98.5 Å². The molecule has 0 amide bonds. The van der Waals surface area contributed by atoms with Crippen LogP contribution < -0.4 is 5.56 Å². The van der Waals surface area contributed by atoms with E-state index in [2.05, 4.69) is 11.8 Å². The van der Waals surface area contributed by atoms with Gasteiger partial charge in [0.25, 0.3) is 11.2 Å². The van der Waals surface area contributed by atoms with Crippen molar-refractivity contribution in [1.29, 1.82) is 0 Å². The molecule has 7 nitrogen and oxygen atoms in total. The van der Waals surface area contributed by atoms with E-state index in [-0.39, 0.29) is 17.9 Å². The normalized spacial score (nSPS) is 10.0. The molecule has 0 aliphatic heterocycles. The average molecular weight is 402 g/mol. The molecule has 0 fully saturated rings. The molecule has 0 N–H and O–H groups in total. The van der Waals surface area contributed by atoms with Crippen molar-refractivity contribution in [2.24, 2.45) is 0 Å². The van der Waals surface area contributed by atoms with Gasteiger partial charge in [-0.3, -0.25) is 14.9 Å². The number of pyridine rings is 1. The fourth-order valence-corrected chi connectivity index (χ4v) is 2.82. The van der Waals surface area contributed by atoms with Crippen molar-refractivity contribution in [2.75, 3.05) is 6.61 Å². The first-order valence-electron chi connectivity index (χ1n) is 9.20. The van der Waals surface area contributed by atoms with Gasteiger partial charge < -0.3 is 9.30 Å². The molecule has 2 aromatic carbocycles. The summed E-state index contributed by atoms with van der Waals surface area (Å²) in [5.41, 5.74) is 2.41. The van der Waals surface area contributed by atoms with Gasteiger partial charge in [0, 0.05) is 35.4 Å². The van der Waals surface area contributed by atoms with Gasteiger partial charge in [-0.25, -0.2) is 4.79 Å². The van der Waals surface area contributed by atoms with Gasteiger partial charge in [-0.1, -0.05) is 18.1 Å². The Bertz CT molecular complexity index is 1180. The first kappa shape index (κ1) is 20.6. The van der Waals surface area contributed by atoms with Crippen LogP contribution >= 0.6 is 0 Å². The van der Waals surface area contributed by atoms with Gasteiger partial charge in [-0.2, -0.15) is 0 Å². The van der Waals surface area contributed by atoms with E-state index in [1.165, 1.54) is 12.1 Å². The number of hydrogen-bond acceptors (Lipinski definition) is 5. The molecule has 3 aromatic rings. The van der Waals surface area contributed by atoms with Gasteiger partial charge in [0.2, 0.25) is 0 Å². The Kier molecular flexibility index (Phi) is 6.40. The quantitative estimate of drug-likeness (QED) is 0.282. The van der Waals surface area contributed by atoms with Crippen LogP contribution in [0.4, 0.5) is 5.69 Å². The lowest BCUT2D eigenvalue weighted by atomic mass is 10.1. The van der Waals surface area contributed by atoms with E-state index in [9.17, 15) is 19.7 Å². The smallest absolute Gasteiger partial charge is 0.384 e. The fourth-order valence-electron chi connectivity index (χ4n) is 2.82. The summed E-state index contributed by atoms with van der Waals surface area (Å²) in [4.78, 5) is 34.5. The second-order valence-corrected chi connectivity index (χ2v) is 6.33. The number of carbonyl (C=O) groups is 1. The predicted octanol–water partition coefficient (Wildman–Crippen LogP) is 3.39. The molecule has 30 heavy (non-hydrogen) atoms. The molecular formula is C23H18N2O5. The fraction of sp³-hybridized carbons (Fsp3) is 0.130. The zero-order chi connectivity index (χ0) is 21.5. The van der Waals surface area contributed by atoms with E-state index < -0.39 is 10.9 Å². The summed E-state index contributed by atoms with van der Waals surface area (Å²) in [5, 5.41) is 10.8. The minimum absolute atomic E-state index is 0.0267. The highest BCUT2D eigenvalue weighted by molar-refractivity contribution is 5.89. The van der Waals surface area contributed by atoms with Crippen molar-refractivity contribution in [3.63, 3.8) is 0 Å². The minimum atomic E-state index is -0.573. The number of nitro groups is 1. The summed E-state index contributed by atoms with van der Waals surface area (Å²) >= 11 is 0. The zero-order valence-electron chi connectivity index (χ0n) is 16.2. The number of nitro benzene ring substituents is 1. The van der Waals surface area contributed by atoms with E-state index >= 15 is 0 Å². The number of hydrogen-bond donors (Lipinski definition) is 0. The third-order valence-electron chi connectivity index (χ3n) is 4.30. The second kappa shape index (κ2) is 9.34. The molecule has 7 heteroatoms. The third kappa shape index (κ3) is 5.00. The molecule has 0 atom stereocenters. The zero-order valence-corrected chi connectivity index (χ0v) is 16.2. The lowest BCUT2D eigenvalue weighted by Gasteiger charge is -2.09. The molecule has 1 heterocycles. The van der Waals surface area contributed by atoms with Gasteiger partial charge in [-0.15, -0.1) is 0 Å². The largest absolute Gasteiger partial charge is 0.456 e. The summed E-state index contributed by atoms with van der Waals surface area (Å²) in [5.74, 6) is 4.57. The average Bonchev–Trinajstić information content (AvgIpc) is 2.75. The molecule has 1 aromatic heterocycles. The maximum atomic E-state index is 12.9. The van der Waals surface area contributed by atoms with E-state index in [1.807, 2.05) is 12.1 Å². The van der Waals surface area contributed by atoms with Crippen LogP contribution in [0.5, 0.6) is 0 Å². The lowest BCUT2D eigenvalue weighted by molar-refractivity contribution is -0.384. The Morgan fingerprint density at radius 1 is 1.10 bits per heavy atom. The van der Waals surface area contributed by atoms with Gasteiger partial charge in [0.05, 0.1) is 18.1 Å². The molecule has 0 saturated carbocycles. The van der Waals surface area contributed by atoms with Gasteiger partial charge in [0.1, 0.15) is 0 Å². The molecule has 0 saturated heterocycles. The Balaban J connectivity index is 1.79. The number of non-ortho nitro benzene ring substituents is 1. The van der Waals surface area contributed by atoms with Crippen LogP contribution in [0, 0.1) is 22.0 Å². The van der Waals surface area contributed by atoms with Crippen molar-refractivity contribution in [2.45, 2.75) is 13.5 Å². The van der Waals surface area contributed by atoms with E-state index in [1.54, 1.807) is 54.1 Å². The van der Waals surface area contributed by atoms with Crippen LogP contribution in [0.15, 0.2) is 71.7 Å². The maximum absolute atomic E-state index is 12.9. The molecule has 3 rings (SSSR count). The van der Waals surface area contributed by atoms with Crippen molar-refractivity contribution in [3.8, 4) is 23.0 Å². The Labute approximate surface area is 172 Å². The highest BCUT2D eigenvalue weighted by atomic mass is 16.6. The molecule has 0 radical (unpaired) electrons. The Hall–Kier alpha value is -4.18. The standard InChI is InChI=1S/C23H18N2O5/c1-2-30-22(26)14-9-17-5-7-18(8-6-17)16-24-15-3-4-21(23(24)27)19-10-12-20(13-11-19)25(28)29/h3-8,10-13,15H,2,16H2,1H3. The molecule has 0 aliphatic rings. The Morgan fingerprint density at radius 2 is 1.80 bits per heavy atom. The molecule has 0 unspecified atom stereocenters. The first-order chi connectivity index (χ1) is 14.5. The third-order valence-corrected chi connectivity index (χ3v) is 4.30. The summed E-state index contributed by atoms with van der Waals surface area (Å²) < 4.78 is 6.33. The summed E-state index contributed by atoms with van der Waals surface area (Å²) in [6.45, 7) is 2.35. The Morgan fingerprint density at radius 3 is 2.43 bits per heavy atom. The number of benzene rings is 2. The van der Waals surface area contributed by atoms with Crippen molar-refractivity contribution in [1.82, 2.24) is 4.57 Å². The molecular weight excluding hydrogens is 384 g/mol. The van der Waals surface area contributed by atoms with Gasteiger partial charge >= 0.3 is 5.97 Å². The van der Waals surface area contributed by atoms with E-state index in [0.717, 1.165) is 5.56 Å². The maximum Gasteiger partial charge on any atom is 0.384 e. The van der Waals surface area contributed by atoms with Crippen LogP contribution in [0.1, 0.15) is 18.1 Å². The first-order valence-corrected chi connectivity index (χ1v) is 9.20. The highest BCUT2D eigenvalue weighted by Crippen LogP contribution is 2.19. The van der Waals surface area contributed by atoms with Crippen LogP contribution in [0.2, 0.25) is 0 Å². The lowest BCUT2D eigenvalue weighted by Crippen LogP contribution is -2.21. The topological polar surface area (TPSA) is 91.4 Å². The summed E-state index contributed by atoms with van der Waals surface area (Å²) in [6.07, 6.45) is 1.69. The van der Waals surface area contributed by atoms with Gasteiger partial charge in [0.15, 0.2) is 0 Å². The number of carbonyl (C=O) groups excluding carboxylic acids is 1. The predicted molar refractivity (Wildman–Crippen MR) is 112 cm³/mol. The van der Waals surface area contributed by atoms with Crippen molar-refractivity contribution < 1.29 is 14.5 Å². The molecule has 150 valence electrons. The van der Waals surface area contributed by atoms with E-state index in [0.29, 0.717) is 23.2 Å². The summed E-state index contributed by atoms with van der Waals surface area (Å²) in [6, 6.07) is 16.5. The molecule has 0 aliphatic carbocycles. The van der Waals surface area contributed by atoms with Crippen LogP contribution in [-0.4, -0.2) is 22.1 Å². The van der Waals surface area contributed by atoms with Crippen molar-refractivity contribution >= 4 is 11.7 Å². The monoisotopic (exact) mass is 402 g/mol. The highest BCUT2D eigenvalue weighted by Gasteiger charge is 2.09. The number of ether oxygens (including phenoxy) is 1.